The van der Waals surface area contributed by atoms with Crippen molar-refractivity contribution >= 4 is 22.6 Å². The summed E-state index contributed by atoms with van der Waals surface area (Å²) in [6.07, 6.45) is 0. The maximum Gasteiger partial charge on any atom is 0.354 e. The van der Waals surface area contributed by atoms with Crippen molar-refractivity contribution in [1.82, 2.24) is 9.47 Å². The van der Waals surface area contributed by atoms with Gasteiger partial charge in [-0.05, 0) is 32.2 Å². The summed E-state index contributed by atoms with van der Waals surface area (Å²) in [4.78, 5) is 16.8. The summed E-state index contributed by atoms with van der Waals surface area (Å²) < 4.78 is 7.08. The van der Waals surface area contributed by atoms with Gasteiger partial charge < -0.3 is 19.1 Å². The molecule has 0 atom stereocenters. The minimum Gasteiger partial charge on any atom is -0.461 e. The van der Waals surface area contributed by atoms with Crippen LogP contribution in [0.2, 0.25) is 0 Å². The molecule has 1 saturated heterocycles. The van der Waals surface area contributed by atoms with Crippen molar-refractivity contribution in [2.45, 2.75) is 6.92 Å². The van der Waals surface area contributed by atoms with Crippen molar-refractivity contribution in [3.8, 4) is 0 Å². The molecule has 1 aliphatic rings. The maximum absolute atomic E-state index is 12.1. The van der Waals surface area contributed by atoms with Crippen molar-refractivity contribution in [1.29, 1.82) is 0 Å². The number of rotatable bonds is 3. The number of carbonyl (C=O) groups is 1. The Morgan fingerprint density at radius 1 is 1.18 bits per heavy atom. The fourth-order valence-corrected chi connectivity index (χ4v) is 3.07. The molecule has 2 heterocycles. The second kappa shape index (κ2) is 6.01. The number of nitrogens with zero attached hydrogens (tertiary/aromatic N) is 3. The zero-order chi connectivity index (χ0) is 15.7. The van der Waals surface area contributed by atoms with E-state index in [0.29, 0.717) is 12.3 Å². The van der Waals surface area contributed by atoms with Gasteiger partial charge >= 0.3 is 5.97 Å². The molecule has 5 nitrogen and oxygen atoms in total. The third-order valence-corrected chi connectivity index (χ3v) is 4.39. The van der Waals surface area contributed by atoms with Crippen molar-refractivity contribution in [2.24, 2.45) is 7.05 Å². The highest BCUT2D eigenvalue weighted by Crippen LogP contribution is 2.30. The largest absolute Gasteiger partial charge is 0.461 e. The smallest absolute Gasteiger partial charge is 0.354 e. The van der Waals surface area contributed by atoms with E-state index in [0.717, 1.165) is 37.1 Å². The quantitative estimate of drug-likeness (QED) is 0.814. The zero-order valence-electron chi connectivity index (χ0n) is 13.5. The van der Waals surface area contributed by atoms with Crippen LogP contribution in [0.3, 0.4) is 0 Å². The number of fused-ring (bicyclic) bond motifs is 1. The number of likely N-dealkylation sites (N-methyl/N-ethyl adjacent to an activating group) is 1. The van der Waals surface area contributed by atoms with Crippen LogP contribution in [0.5, 0.6) is 0 Å². The summed E-state index contributed by atoms with van der Waals surface area (Å²) in [6, 6.07) is 8.21. The van der Waals surface area contributed by atoms with Gasteiger partial charge in [0.1, 0.15) is 5.69 Å². The van der Waals surface area contributed by atoms with Crippen molar-refractivity contribution in [2.75, 3.05) is 44.7 Å². The Bertz CT molecular complexity index is 685. The van der Waals surface area contributed by atoms with E-state index in [2.05, 4.69) is 35.0 Å². The SMILES string of the molecule is CCOC(=O)c1cc2c(N3CCN(C)CC3)cccc2n1C. The Hall–Kier alpha value is -2.01. The average molecular weight is 301 g/mol. The van der Waals surface area contributed by atoms with Gasteiger partial charge in [-0.1, -0.05) is 6.07 Å². The molecule has 5 heteroatoms. The van der Waals surface area contributed by atoms with Crippen molar-refractivity contribution < 1.29 is 9.53 Å². The number of aryl methyl sites for hydroxylation is 1. The van der Waals surface area contributed by atoms with E-state index >= 15 is 0 Å². The van der Waals surface area contributed by atoms with Gasteiger partial charge in [0.25, 0.3) is 0 Å². The number of hydrogen-bond acceptors (Lipinski definition) is 4. The molecule has 0 aliphatic carbocycles. The Morgan fingerprint density at radius 2 is 1.91 bits per heavy atom. The van der Waals surface area contributed by atoms with Gasteiger partial charge in [-0.2, -0.15) is 0 Å². The number of aromatic nitrogens is 1. The van der Waals surface area contributed by atoms with Crippen LogP contribution < -0.4 is 4.90 Å². The van der Waals surface area contributed by atoms with E-state index in [4.69, 9.17) is 4.74 Å². The molecular formula is C17H23N3O2. The fraction of sp³-hybridized carbons (Fsp3) is 0.471. The number of hydrogen-bond donors (Lipinski definition) is 0. The molecule has 1 aliphatic heterocycles. The molecule has 3 rings (SSSR count). The van der Waals surface area contributed by atoms with E-state index in [-0.39, 0.29) is 5.97 Å². The van der Waals surface area contributed by atoms with Crippen LogP contribution in [0.4, 0.5) is 5.69 Å². The number of esters is 1. The standard InChI is InChI=1S/C17H23N3O2/c1-4-22-17(21)16-12-13-14(19(16)3)6-5-7-15(13)20-10-8-18(2)9-11-20/h5-7,12H,4,8-11H2,1-3H3. The molecule has 0 bridgehead atoms. The summed E-state index contributed by atoms with van der Waals surface area (Å²) >= 11 is 0. The molecule has 0 unspecified atom stereocenters. The second-order valence-corrected chi connectivity index (χ2v) is 5.81. The first kappa shape index (κ1) is 14.9. The number of carbonyl (C=O) groups excluding carboxylic acids is 1. The predicted molar refractivity (Wildman–Crippen MR) is 88.6 cm³/mol. The van der Waals surface area contributed by atoms with Gasteiger partial charge in [0.2, 0.25) is 0 Å². The molecule has 1 fully saturated rings. The molecular weight excluding hydrogens is 278 g/mol. The average Bonchev–Trinajstić information content (AvgIpc) is 2.86. The highest BCUT2D eigenvalue weighted by Gasteiger charge is 2.20. The van der Waals surface area contributed by atoms with Crippen LogP contribution in [0.1, 0.15) is 17.4 Å². The predicted octanol–water partition coefficient (Wildman–Crippen LogP) is 2.11. The first-order chi connectivity index (χ1) is 10.6. The topological polar surface area (TPSA) is 37.7 Å². The minimum absolute atomic E-state index is 0.259. The Labute approximate surface area is 131 Å². The number of ether oxygens (including phenoxy) is 1. The lowest BCUT2D eigenvalue weighted by Crippen LogP contribution is -2.44. The molecule has 1 aromatic heterocycles. The molecule has 0 spiro atoms. The number of piperazine rings is 1. The summed E-state index contributed by atoms with van der Waals surface area (Å²) in [6.45, 7) is 6.38. The van der Waals surface area contributed by atoms with Crippen LogP contribution in [0, 0.1) is 0 Å². The van der Waals surface area contributed by atoms with E-state index in [1.807, 2.05) is 24.6 Å². The molecule has 0 amide bonds. The fourth-order valence-electron chi connectivity index (χ4n) is 3.07. The Balaban J connectivity index is 2.01. The summed E-state index contributed by atoms with van der Waals surface area (Å²) in [7, 11) is 4.07. The molecule has 0 N–H and O–H groups in total. The number of anilines is 1. The zero-order valence-corrected chi connectivity index (χ0v) is 13.5. The molecule has 22 heavy (non-hydrogen) atoms. The lowest BCUT2D eigenvalue weighted by Gasteiger charge is -2.34. The second-order valence-electron chi connectivity index (χ2n) is 5.81. The minimum atomic E-state index is -0.259. The first-order valence-electron chi connectivity index (χ1n) is 7.81. The van der Waals surface area contributed by atoms with Gasteiger partial charge in [-0.3, -0.25) is 0 Å². The first-order valence-corrected chi connectivity index (χ1v) is 7.81. The van der Waals surface area contributed by atoms with Gasteiger partial charge in [0.15, 0.2) is 0 Å². The van der Waals surface area contributed by atoms with Crippen LogP contribution in [-0.4, -0.2) is 55.3 Å². The lowest BCUT2D eigenvalue weighted by atomic mass is 10.1. The van der Waals surface area contributed by atoms with E-state index in [1.54, 1.807) is 0 Å². The molecule has 118 valence electrons. The van der Waals surface area contributed by atoms with Crippen LogP contribution >= 0.6 is 0 Å². The maximum atomic E-state index is 12.1. The summed E-state index contributed by atoms with van der Waals surface area (Å²) in [5.41, 5.74) is 2.88. The number of benzene rings is 1. The van der Waals surface area contributed by atoms with E-state index in [9.17, 15) is 4.79 Å². The summed E-state index contributed by atoms with van der Waals surface area (Å²) in [5.74, 6) is -0.259. The van der Waals surface area contributed by atoms with Crippen LogP contribution in [-0.2, 0) is 11.8 Å². The highest BCUT2D eigenvalue weighted by molar-refractivity contribution is 6.00. The highest BCUT2D eigenvalue weighted by atomic mass is 16.5. The van der Waals surface area contributed by atoms with Gasteiger partial charge in [0.05, 0.1) is 12.1 Å². The third-order valence-electron chi connectivity index (χ3n) is 4.39. The van der Waals surface area contributed by atoms with Crippen molar-refractivity contribution in [3.05, 3.63) is 30.0 Å². The normalized spacial score (nSPS) is 16.2. The summed E-state index contributed by atoms with van der Waals surface area (Å²) in [5, 5.41) is 1.12. The molecule has 1 aromatic carbocycles. The molecule has 0 radical (unpaired) electrons. The van der Waals surface area contributed by atoms with Gasteiger partial charge in [0, 0.05) is 44.3 Å². The van der Waals surface area contributed by atoms with Gasteiger partial charge in [-0.15, -0.1) is 0 Å². The Kier molecular flexibility index (Phi) is 4.07. The Morgan fingerprint density at radius 3 is 2.59 bits per heavy atom. The monoisotopic (exact) mass is 301 g/mol. The third kappa shape index (κ3) is 2.57. The lowest BCUT2D eigenvalue weighted by molar-refractivity contribution is 0.0516. The van der Waals surface area contributed by atoms with E-state index < -0.39 is 0 Å². The van der Waals surface area contributed by atoms with E-state index in [1.165, 1.54) is 5.69 Å². The van der Waals surface area contributed by atoms with Gasteiger partial charge in [-0.25, -0.2) is 4.79 Å². The molecule has 2 aromatic rings. The molecule has 0 saturated carbocycles. The van der Waals surface area contributed by atoms with Crippen LogP contribution in [0.25, 0.3) is 10.9 Å². The van der Waals surface area contributed by atoms with Crippen LogP contribution in [0.15, 0.2) is 24.3 Å². The van der Waals surface area contributed by atoms with Crippen molar-refractivity contribution in [3.63, 3.8) is 0 Å².